The minimum Gasteiger partial charge on any atom is -0.488 e. The summed E-state index contributed by atoms with van der Waals surface area (Å²) in [6.07, 6.45) is 0.547. The van der Waals surface area contributed by atoms with Gasteiger partial charge in [0.25, 0.3) is 0 Å². The van der Waals surface area contributed by atoms with E-state index in [1.807, 2.05) is 31.2 Å². The molecule has 1 aromatic carbocycles. The van der Waals surface area contributed by atoms with Crippen LogP contribution in [0.25, 0.3) is 0 Å². The Hall–Kier alpha value is -1.35. The molecule has 0 saturated carbocycles. The molecule has 0 saturated heterocycles. The number of quaternary nitrogens is 1. The summed E-state index contributed by atoms with van der Waals surface area (Å²) in [6.45, 7) is 10.2. The molecule has 0 aliphatic rings. The summed E-state index contributed by atoms with van der Waals surface area (Å²) in [7, 11) is 0. The van der Waals surface area contributed by atoms with Gasteiger partial charge in [-0.2, -0.15) is 0 Å². The van der Waals surface area contributed by atoms with Gasteiger partial charge in [-0.1, -0.05) is 6.92 Å². The Bertz CT molecular complexity index is 355. The average molecular weight is 250 g/mol. The average Bonchev–Trinajstić information content (AvgIpc) is 2.43. The SMILES string of the molecule is CCC(=O)c1ccc(OCC[NH+](CC)CC)cc1. The van der Waals surface area contributed by atoms with Crippen LogP contribution in [0.15, 0.2) is 24.3 Å². The number of hydrogen-bond donors (Lipinski definition) is 1. The zero-order chi connectivity index (χ0) is 13.4. The highest BCUT2D eigenvalue weighted by atomic mass is 16.5. The predicted molar refractivity (Wildman–Crippen MR) is 73.5 cm³/mol. The van der Waals surface area contributed by atoms with Crippen LogP contribution in [-0.2, 0) is 0 Å². The van der Waals surface area contributed by atoms with E-state index in [4.69, 9.17) is 4.74 Å². The summed E-state index contributed by atoms with van der Waals surface area (Å²) in [4.78, 5) is 13.0. The molecule has 0 fully saturated rings. The quantitative estimate of drug-likeness (QED) is 0.710. The van der Waals surface area contributed by atoms with E-state index in [1.54, 1.807) is 0 Å². The molecule has 0 unspecified atom stereocenters. The van der Waals surface area contributed by atoms with Crippen LogP contribution < -0.4 is 9.64 Å². The number of carbonyl (C=O) groups excluding carboxylic acids is 1. The molecule has 0 aliphatic heterocycles. The number of Topliss-reactive ketones (excluding diaryl/α,β-unsaturated/α-hetero) is 1. The molecule has 1 aromatic rings. The maximum absolute atomic E-state index is 11.5. The molecule has 0 atom stereocenters. The standard InChI is InChI=1S/C15H23NO2/c1-4-15(17)13-7-9-14(10-8-13)18-12-11-16(5-2)6-3/h7-10H,4-6,11-12H2,1-3H3/p+1. The second kappa shape index (κ2) is 7.88. The van der Waals surface area contributed by atoms with Gasteiger partial charge in [-0.15, -0.1) is 0 Å². The third-order valence-corrected chi connectivity index (χ3v) is 3.22. The number of ether oxygens (including phenoxy) is 1. The van der Waals surface area contributed by atoms with E-state index in [0.717, 1.165) is 37.6 Å². The van der Waals surface area contributed by atoms with E-state index in [0.29, 0.717) is 6.42 Å². The smallest absolute Gasteiger partial charge is 0.162 e. The first-order chi connectivity index (χ1) is 8.71. The highest BCUT2D eigenvalue weighted by Crippen LogP contribution is 2.13. The summed E-state index contributed by atoms with van der Waals surface area (Å²) in [5.41, 5.74) is 0.763. The van der Waals surface area contributed by atoms with Crippen molar-refractivity contribution in [1.29, 1.82) is 0 Å². The van der Waals surface area contributed by atoms with Crippen molar-refractivity contribution in [3.63, 3.8) is 0 Å². The Morgan fingerprint density at radius 2 is 1.72 bits per heavy atom. The number of hydrogen-bond acceptors (Lipinski definition) is 2. The third-order valence-electron chi connectivity index (χ3n) is 3.22. The molecule has 0 amide bonds. The Kier molecular flexibility index (Phi) is 6.44. The fourth-order valence-corrected chi connectivity index (χ4v) is 1.86. The number of rotatable bonds is 8. The molecule has 0 heterocycles. The normalized spacial score (nSPS) is 10.7. The fraction of sp³-hybridized carbons (Fsp3) is 0.533. The summed E-state index contributed by atoms with van der Waals surface area (Å²) >= 11 is 0. The molecule has 1 rings (SSSR count). The molecule has 100 valence electrons. The van der Waals surface area contributed by atoms with Crippen LogP contribution in [0, 0.1) is 0 Å². The van der Waals surface area contributed by atoms with E-state index in [-0.39, 0.29) is 5.78 Å². The summed E-state index contributed by atoms with van der Waals surface area (Å²) < 4.78 is 5.68. The highest BCUT2D eigenvalue weighted by molar-refractivity contribution is 5.95. The number of likely N-dealkylation sites (N-methyl/N-ethyl adjacent to an activating group) is 1. The number of ketones is 1. The minimum absolute atomic E-state index is 0.175. The van der Waals surface area contributed by atoms with Gasteiger partial charge in [-0.3, -0.25) is 4.79 Å². The summed E-state index contributed by atoms with van der Waals surface area (Å²) in [6, 6.07) is 7.43. The van der Waals surface area contributed by atoms with Crippen molar-refractivity contribution < 1.29 is 14.4 Å². The molecule has 0 spiro atoms. The van der Waals surface area contributed by atoms with Crippen LogP contribution in [0.2, 0.25) is 0 Å². The molecule has 18 heavy (non-hydrogen) atoms. The van der Waals surface area contributed by atoms with E-state index in [9.17, 15) is 4.79 Å². The van der Waals surface area contributed by atoms with E-state index in [2.05, 4.69) is 13.8 Å². The Morgan fingerprint density at radius 3 is 2.22 bits per heavy atom. The van der Waals surface area contributed by atoms with Gasteiger partial charge in [0, 0.05) is 12.0 Å². The van der Waals surface area contributed by atoms with Crippen molar-refractivity contribution in [1.82, 2.24) is 0 Å². The van der Waals surface area contributed by atoms with Crippen LogP contribution >= 0.6 is 0 Å². The zero-order valence-electron chi connectivity index (χ0n) is 11.7. The Labute approximate surface area is 110 Å². The second-order valence-corrected chi connectivity index (χ2v) is 4.36. The fourth-order valence-electron chi connectivity index (χ4n) is 1.86. The van der Waals surface area contributed by atoms with Gasteiger partial charge in [0.05, 0.1) is 13.1 Å². The number of benzene rings is 1. The van der Waals surface area contributed by atoms with Crippen LogP contribution in [-0.4, -0.2) is 32.0 Å². The maximum Gasteiger partial charge on any atom is 0.162 e. The van der Waals surface area contributed by atoms with E-state index >= 15 is 0 Å². The third kappa shape index (κ3) is 4.49. The lowest BCUT2D eigenvalue weighted by molar-refractivity contribution is -0.896. The molecular weight excluding hydrogens is 226 g/mol. The lowest BCUT2D eigenvalue weighted by atomic mass is 10.1. The maximum atomic E-state index is 11.5. The highest BCUT2D eigenvalue weighted by Gasteiger charge is 2.04. The zero-order valence-corrected chi connectivity index (χ0v) is 11.7. The van der Waals surface area contributed by atoms with Crippen molar-refractivity contribution in [2.24, 2.45) is 0 Å². The molecule has 1 N–H and O–H groups in total. The number of carbonyl (C=O) groups is 1. The van der Waals surface area contributed by atoms with Gasteiger partial charge < -0.3 is 9.64 Å². The van der Waals surface area contributed by atoms with Crippen LogP contribution in [0.4, 0.5) is 0 Å². The first-order valence-electron chi connectivity index (χ1n) is 6.80. The lowest BCUT2D eigenvalue weighted by Gasteiger charge is -2.15. The van der Waals surface area contributed by atoms with E-state index < -0.39 is 0 Å². The van der Waals surface area contributed by atoms with Crippen LogP contribution in [0.1, 0.15) is 37.6 Å². The van der Waals surface area contributed by atoms with Gasteiger partial charge in [-0.25, -0.2) is 0 Å². The van der Waals surface area contributed by atoms with Gasteiger partial charge in [0.1, 0.15) is 18.9 Å². The predicted octanol–water partition coefficient (Wildman–Crippen LogP) is 1.58. The van der Waals surface area contributed by atoms with Crippen LogP contribution in [0.3, 0.4) is 0 Å². The van der Waals surface area contributed by atoms with Crippen LogP contribution in [0.5, 0.6) is 5.75 Å². The number of nitrogens with one attached hydrogen (secondary N) is 1. The van der Waals surface area contributed by atoms with Gasteiger partial charge in [0.15, 0.2) is 5.78 Å². The monoisotopic (exact) mass is 250 g/mol. The van der Waals surface area contributed by atoms with Gasteiger partial charge in [-0.05, 0) is 38.1 Å². The van der Waals surface area contributed by atoms with Gasteiger partial charge >= 0.3 is 0 Å². The topological polar surface area (TPSA) is 30.7 Å². The molecule has 0 bridgehead atoms. The molecule has 0 aromatic heterocycles. The largest absolute Gasteiger partial charge is 0.488 e. The van der Waals surface area contributed by atoms with E-state index in [1.165, 1.54) is 4.90 Å². The van der Waals surface area contributed by atoms with Crippen molar-refractivity contribution in [3.05, 3.63) is 29.8 Å². The molecule has 3 nitrogen and oxygen atoms in total. The van der Waals surface area contributed by atoms with Gasteiger partial charge in [0.2, 0.25) is 0 Å². The summed E-state index contributed by atoms with van der Waals surface area (Å²) in [5.74, 6) is 1.02. The molecule has 3 heteroatoms. The van der Waals surface area contributed by atoms with Crippen molar-refractivity contribution in [2.75, 3.05) is 26.2 Å². The molecular formula is C15H24NO2+. The minimum atomic E-state index is 0.175. The summed E-state index contributed by atoms with van der Waals surface area (Å²) in [5, 5.41) is 0. The van der Waals surface area contributed by atoms with Crippen molar-refractivity contribution in [3.8, 4) is 5.75 Å². The Balaban J connectivity index is 2.42. The lowest BCUT2D eigenvalue weighted by Crippen LogP contribution is -3.12. The Morgan fingerprint density at radius 1 is 1.11 bits per heavy atom. The molecule has 0 radical (unpaired) electrons. The first kappa shape index (κ1) is 14.7. The van der Waals surface area contributed by atoms with Crippen molar-refractivity contribution in [2.45, 2.75) is 27.2 Å². The first-order valence-corrected chi connectivity index (χ1v) is 6.80. The second-order valence-electron chi connectivity index (χ2n) is 4.36. The van der Waals surface area contributed by atoms with Crippen molar-refractivity contribution >= 4 is 5.78 Å². The molecule has 0 aliphatic carbocycles.